The second-order valence-corrected chi connectivity index (χ2v) is 20.9. The van der Waals surface area contributed by atoms with Crippen LogP contribution in [0.25, 0.3) is 11.3 Å². The molecule has 0 radical (unpaired) electrons. The van der Waals surface area contributed by atoms with Gasteiger partial charge in [-0.25, -0.2) is 37.1 Å². The van der Waals surface area contributed by atoms with Gasteiger partial charge in [0.25, 0.3) is 12.3 Å². The van der Waals surface area contributed by atoms with Gasteiger partial charge in [-0.15, -0.1) is 0 Å². The summed E-state index contributed by atoms with van der Waals surface area (Å²) in [5.74, 6) is 2.07. The van der Waals surface area contributed by atoms with Crippen LogP contribution in [-0.2, 0) is 38.6 Å². The number of fused-ring (bicyclic) bond motifs is 2. The normalized spacial score (nSPS) is 18.5. The average Bonchev–Trinajstić information content (AvgIpc) is 4.14. The maximum absolute atomic E-state index is 16.0. The van der Waals surface area contributed by atoms with Gasteiger partial charge in [-0.1, -0.05) is 44.7 Å². The van der Waals surface area contributed by atoms with Crippen LogP contribution in [0.1, 0.15) is 63.3 Å². The first-order valence-corrected chi connectivity index (χ1v) is 24.6. The fourth-order valence-electron chi connectivity index (χ4n) is 9.43. The molecule has 0 spiro atoms. The molecule has 6 N–H and O–H groups in total. The summed E-state index contributed by atoms with van der Waals surface area (Å²) < 4.78 is 113. The van der Waals surface area contributed by atoms with Gasteiger partial charge in [-0.2, -0.15) is 18.3 Å². The predicted molar refractivity (Wildman–Crippen MR) is 265 cm³/mol. The Morgan fingerprint density at radius 3 is 2.08 bits per heavy atom. The summed E-state index contributed by atoms with van der Waals surface area (Å²) in [4.78, 5) is 61.7. The van der Waals surface area contributed by atoms with Gasteiger partial charge in [-0.3, -0.25) is 24.6 Å². The number of hydrazine groups is 1. The van der Waals surface area contributed by atoms with Gasteiger partial charge in [0.1, 0.15) is 36.1 Å². The number of nitrogens with zero attached hydrogens (tertiary/aromatic N) is 6. The average molecular weight is 1090 g/mol. The highest BCUT2D eigenvalue weighted by Gasteiger charge is 2.56. The number of alkyl carbamates (subject to hydrolysis) is 1. The fraction of sp³-hybridized carbons (Fsp3) is 0.500. The number of carboxylic acid groups (broad SMARTS) is 1. The number of pyridine rings is 1. The third-order valence-electron chi connectivity index (χ3n) is 14.0. The summed E-state index contributed by atoms with van der Waals surface area (Å²) in [5, 5.41) is 32.9. The van der Waals surface area contributed by atoms with Crippen molar-refractivity contribution in [3.8, 4) is 23.1 Å². The van der Waals surface area contributed by atoms with Crippen LogP contribution < -0.4 is 26.3 Å². The summed E-state index contributed by atoms with van der Waals surface area (Å²) in [6, 6.07) is 8.99. The molecule has 3 aliphatic rings. The van der Waals surface area contributed by atoms with Gasteiger partial charge in [0.15, 0.2) is 0 Å². The number of aliphatic hydroxyl groups is 1. The number of piperazine rings is 1. The zero-order chi connectivity index (χ0) is 56.1. The zero-order valence-electron chi connectivity index (χ0n) is 43.0. The van der Waals surface area contributed by atoms with Crippen molar-refractivity contribution in [2.24, 2.45) is 10.8 Å². The number of rotatable bonds is 19. The number of anilines is 1. The molecule has 77 heavy (non-hydrogen) atoms. The highest BCUT2D eigenvalue weighted by atomic mass is 19.4. The lowest BCUT2D eigenvalue weighted by Gasteiger charge is -2.42. The Labute approximate surface area is 439 Å². The van der Waals surface area contributed by atoms with Crippen LogP contribution in [0, 0.1) is 34.3 Å². The maximum atomic E-state index is 16.0. The van der Waals surface area contributed by atoms with E-state index in [1.165, 1.54) is 33.0 Å². The van der Waals surface area contributed by atoms with Crippen molar-refractivity contribution in [3.63, 3.8) is 0 Å². The molecular weight excluding hydrogens is 1030 g/mol. The van der Waals surface area contributed by atoms with Gasteiger partial charge in [0.05, 0.1) is 49.6 Å². The van der Waals surface area contributed by atoms with Crippen LogP contribution >= 0.6 is 0 Å². The number of aliphatic hydroxyl groups excluding tert-OH is 1. The smallest absolute Gasteiger partial charge is 0.407 e. The summed E-state index contributed by atoms with van der Waals surface area (Å²) in [6.07, 6.45) is -9.18. The Kier molecular flexibility index (Phi) is 17.8. The summed E-state index contributed by atoms with van der Waals surface area (Å²) in [7, 11) is 0.873. The third kappa shape index (κ3) is 14.1. The van der Waals surface area contributed by atoms with Crippen LogP contribution in [0.3, 0.4) is 0 Å². The molecular formula is C52H61F7N10O8. The fourth-order valence-corrected chi connectivity index (χ4v) is 9.43. The molecule has 3 aliphatic heterocycles. The Morgan fingerprint density at radius 2 is 1.53 bits per heavy atom. The van der Waals surface area contributed by atoms with Crippen LogP contribution in [0.5, 0.6) is 0 Å². The number of carbonyl (C=O) groups is 4. The topological polar surface area (TPSA) is 216 Å². The number of ether oxygens (including phenoxy) is 2. The first kappa shape index (κ1) is 57.7. The monoisotopic (exact) mass is 1090 g/mol. The lowest BCUT2D eigenvalue weighted by atomic mass is 9.82. The van der Waals surface area contributed by atoms with Gasteiger partial charge in [-0.05, 0) is 80.1 Å². The van der Waals surface area contributed by atoms with Crippen molar-refractivity contribution in [3.05, 3.63) is 101 Å². The Hall–Kier alpha value is -7.01. The lowest BCUT2D eigenvalue weighted by Crippen LogP contribution is -2.63. The van der Waals surface area contributed by atoms with Crippen LogP contribution in [-0.4, -0.2) is 154 Å². The number of hydrogen-bond acceptors (Lipinski definition) is 12. The number of alkyl halides is 5. The van der Waals surface area contributed by atoms with Crippen molar-refractivity contribution < 1.29 is 69.6 Å². The molecule has 18 nitrogen and oxygen atoms in total. The number of aromatic nitrogens is 3. The van der Waals surface area contributed by atoms with Crippen LogP contribution in [0.15, 0.2) is 67.0 Å². The van der Waals surface area contributed by atoms with Crippen molar-refractivity contribution >= 4 is 29.8 Å². The number of hydrogen-bond donors (Lipinski definition) is 6. The van der Waals surface area contributed by atoms with Gasteiger partial charge < -0.3 is 40.5 Å². The molecule has 2 aromatic heterocycles. The third-order valence-corrected chi connectivity index (χ3v) is 14.0. The molecule has 0 saturated carbocycles. The second kappa shape index (κ2) is 23.7. The lowest BCUT2D eigenvalue weighted by molar-refractivity contribution is -0.220. The predicted octanol–water partition coefficient (Wildman–Crippen LogP) is 5.47. The van der Waals surface area contributed by atoms with E-state index in [0.29, 0.717) is 48.7 Å². The molecule has 0 unspecified atom stereocenters. The van der Waals surface area contributed by atoms with E-state index in [9.17, 15) is 51.3 Å². The standard InChI is InChI=1S/C52H61F7N10O8/c1-50(2,3)44(62-48(73)74)47(72)65-67(24-36-37(53)18-32(19-38(36)54)39-15-16-66(64-39)26-42(55)56)25-41(70)40(61-46(71)45(63-49(75)76-6)51(4,5)52(57,58)59)17-30-10-7-29(8-11-30)9-12-31-13-14-43(60-21-31)69-23-33-20-34(69)22-68(33)35-27-77-28-35/h7-8,10-11,13-16,18-19,21,33-35,40-42,44-45,62,70H,17,20,22-28H2,1-6H3,(H,61,71)(H,63,75)(H,65,72)(H,73,74)/t33-,34-,40+,41+,44-,45-/m1/s1. The number of halogens is 7. The highest BCUT2D eigenvalue weighted by molar-refractivity contribution is 5.87. The minimum atomic E-state index is -5.09. The molecule has 7 rings (SSSR count). The first-order chi connectivity index (χ1) is 36.2. The van der Waals surface area contributed by atoms with E-state index < -0.39 is 108 Å². The van der Waals surface area contributed by atoms with E-state index in [0.717, 1.165) is 67.5 Å². The molecule has 2 aromatic carbocycles. The quantitative estimate of drug-likeness (QED) is 0.0391. The van der Waals surface area contributed by atoms with Crippen molar-refractivity contribution in [2.45, 2.75) is 116 Å². The first-order valence-electron chi connectivity index (χ1n) is 24.6. The van der Waals surface area contributed by atoms with Crippen molar-refractivity contribution in [1.29, 1.82) is 0 Å². The Morgan fingerprint density at radius 1 is 0.870 bits per heavy atom. The summed E-state index contributed by atoms with van der Waals surface area (Å²) in [6.45, 7) is 6.74. The molecule has 6 atom stereocenters. The Bertz CT molecular complexity index is 2790. The highest BCUT2D eigenvalue weighted by Crippen LogP contribution is 2.41. The summed E-state index contributed by atoms with van der Waals surface area (Å²) >= 11 is 0. The molecule has 4 aromatic rings. The molecule has 5 heterocycles. The van der Waals surface area contributed by atoms with E-state index in [-0.39, 0.29) is 17.7 Å². The van der Waals surface area contributed by atoms with Crippen molar-refractivity contribution in [1.82, 2.24) is 46.0 Å². The molecule has 0 aliphatic carbocycles. The molecule has 3 saturated heterocycles. The van der Waals surface area contributed by atoms with Crippen molar-refractivity contribution in [2.75, 3.05) is 44.9 Å². The maximum Gasteiger partial charge on any atom is 0.407 e. The van der Waals surface area contributed by atoms with Crippen LogP contribution in [0.2, 0.25) is 0 Å². The summed E-state index contributed by atoms with van der Waals surface area (Å²) in [5.41, 5.74) is -1.04. The van der Waals surface area contributed by atoms with E-state index in [1.807, 2.05) is 17.4 Å². The number of nitrogens with one attached hydrogen (secondary N) is 4. The molecule has 25 heteroatoms. The minimum absolute atomic E-state index is 0.0607. The molecule has 2 bridgehead atoms. The van der Waals surface area contributed by atoms with E-state index in [2.05, 4.69) is 52.5 Å². The zero-order valence-corrected chi connectivity index (χ0v) is 43.0. The molecule has 3 fully saturated rings. The second-order valence-electron chi connectivity index (χ2n) is 20.9. The SMILES string of the molecule is COC(=O)N[C@H](C(=O)N[C@@H](Cc1ccc(C#Cc2ccc(N3C[C@H]4C[C@@H]3CN4C3COC3)nc2)cc1)[C@@H](O)CN(Cc1c(F)cc(-c2ccn(CC(F)F)n2)cc1F)NC(=O)[C@@H](NC(=O)O)C(C)(C)C)C(C)(C)C(F)(F)F. The van der Waals surface area contributed by atoms with Gasteiger partial charge in [0.2, 0.25) is 5.91 Å². The molecule has 416 valence electrons. The number of carbonyl (C=O) groups excluding carboxylic acids is 3. The number of likely N-dealkylation sites (tertiary alicyclic amines) is 1. The Balaban J connectivity index is 1.15. The number of methoxy groups -OCH3 is 1. The number of benzene rings is 2. The number of amides is 4. The minimum Gasteiger partial charge on any atom is -0.465 e. The van der Waals surface area contributed by atoms with E-state index in [1.54, 1.807) is 30.5 Å². The van der Waals surface area contributed by atoms with E-state index >= 15 is 8.78 Å². The van der Waals surface area contributed by atoms with Crippen LogP contribution in [0.4, 0.5) is 46.1 Å². The van der Waals surface area contributed by atoms with Gasteiger partial charge in [0, 0.05) is 72.9 Å². The molecule has 4 amide bonds. The van der Waals surface area contributed by atoms with E-state index in [4.69, 9.17) is 4.74 Å². The largest absolute Gasteiger partial charge is 0.465 e. The van der Waals surface area contributed by atoms with Gasteiger partial charge >= 0.3 is 18.4 Å².